The molecule has 0 bridgehead atoms. The van der Waals surface area contributed by atoms with E-state index in [2.05, 4.69) is 11.9 Å². The molecule has 0 aromatic heterocycles. The summed E-state index contributed by atoms with van der Waals surface area (Å²) in [6.45, 7) is 3.57. The first-order chi connectivity index (χ1) is 8.02. The number of hydrogen-bond acceptors (Lipinski definition) is 3. The summed E-state index contributed by atoms with van der Waals surface area (Å²) in [5, 5.41) is 10.7. The lowest BCUT2D eigenvalue weighted by Crippen LogP contribution is -2.20. The van der Waals surface area contributed by atoms with Crippen molar-refractivity contribution < 1.29 is 5.11 Å². The second-order valence-corrected chi connectivity index (χ2v) is 5.36. The van der Waals surface area contributed by atoms with Crippen molar-refractivity contribution in [2.45, 2.75) is 19.4 Å². The van der Waals surface area contributed by atoms with Gasteiger partial charge in [-0.3, -0.25) is 4.90 Å². The lowest BCUT2D eigenvalue weighted by atomic mass is 9.98. The van der Waals surface area contributed by atoms with Crippen molar-refractivity contribution >= 4 is 11.6 Å². The van der Waals surface area contributed by atoms with Gasteiger partial charge in [0.2, 0.25) is 0 Å². The number of likely N-dealkylation sites (tertiary alicyclic amines) is 1. The van der Waals surface area contributed by atoms with E-state index in [1.54, 1.807) is 6.07 Å². The number of aromatic hydroxyl groups is 1. The molecular formula is C13H19ClN2O. The number of halogens is 1. The summed E-state index contributed by atoms with van der Waals surface area (Å²) in [7, 11) is 2.06. The Labute approximate surface area is 107 Å². The molecule has 1 aromatic rings. The Morgan fingerprint density at radius 2 is 2.24 bits per heavy atom. The van der Waals surface area contributed by atoms with Gasteiger partial charge < -0.3 is 10.8 Å². The van der Waals surface area contributed by atoms with Crippen LogP contribution in [0.25, 0.3) is 0 Å². The summed E-state index contributed by atoms with van der Waals surface area (Å²) in [6.07, 6.45) is 0.986. The van der Waals surface area contributed by atoms with Crippen LogP contribution in [0.5, 0.6) is 5.75 Å². The molecule has 1 aliphatic heterocycles. The van der Waals surface area contributed by atoms with Crippen LogP contribution in [0, 0.1) is 12.8 Å². The Kier molecular flexibility index (Phi) is 3.61. The van der Waals surface area contributed by atoms with Gasteiger partial charge in [0.25, 0.3) is 0 Å². The van der Waals surface area contributed by atoms with Gasteiger partial charge in [-0.1, -0.05) is 11.6 Å². The van der Waals surface area contributed by atoms with Crippen LogP contribution in [-0.2, 0) is 0 Å². The summed E-state index contributed by atoms with van der Waals surface area (Å²) < 4.78 is 0. The molecule has 1 heterocycles. The molecule has 1 fully saturated rings. The van der Waals surface area contributed by atoms with Crippen LogP contribution in [0.15, 0.2) is 12.1 Å². The third-order valence-corrected chi connectivity index (χ3v) is 4.04. The van der Waals surface area contributed by atoms with E-state index in [0.717, 1.165) is 24.1 Å². The van der Waals surface area contributed by atoms with Gasteiger partial charge in [-0.05, 0) is 50.6 Å². The Morgan fingerprint density at radius 1 is 1.53 bits per heavy atom. The van der Waals surface area contributed by atoms with Gasteiger partial charge in [-0.2, -0.15) is 0 Å². The lowest BCUT2D eigenvalue weighted by molar-refractivity contribution is 0.306. The van der Waals surface area contributed by atoms with Gasteiger partial charge in [0.05, 0.1) is 0 Å². The summed E-state index contributed by atoms with van der Waals surface area (Å²) in [4.78, 5) is 2.23. The van der Waals surface area contributed by atoms with Gasteiger partial charge in [-0.25, -0.2) is 0 Å². The molecular weight excluding hydrogens is 236 g/mol. The molecule has 2 atom stereocenters. The van der Waals surface area contributed by atoms with E-state index in [-0.39, 0.29) is 6.04 Å². The van der Waals surface area contributed by atoms with E-state index in [1.807, 2.05) is 13.0 Å². The van der Waals surface area contributed by atoms with Crippen LogP contribution in [0.4, 0.5) is 0 Å². The first-order valence-electron chi connectivity index (χ1n) is 5.92. The van der Waals surface area contributed by atoms with Crippen molar-refractivity contribution in [3.05, 3.63) is 28.3 Å². The van der Waals surface area contributed by atoms with Crippen molar-refractivity contribution in [3.8, 4) is 5.75 Å². The number of phenolic OH excluding ortho intramolecular Hbond substituents is 1. The molecule has 94 valence electrons. The molecule has 0 aliphatic carbocycles. The van der Waals surface area contributed by atoms with E-state index in [4.69, 9.17) is 17.3 Å². The van der Waals surface area contributed by atoms with Gasteiger partial charge in [0.15, 0.2) is 0 Å². The Balaban J connectivity index is 2.31. The molecule has 1 saturated heterocycles. The highest BCUT2D eigenvalue weighted by Crippen LogP contribution is 2.39. The van der Waals surface area contributed by atoms with Gasteiger partial charge in [-0.15, -0.1) is 0 Å². The second kappa shape index (κ2) is 4.84. The molecule has 0 amide bonds. The highest BCUT2D eigenvalue weighted by Gasteiger charge is 2.31. The quantitative estimate of drug-likeness (QED) is 0.852. The Bertz CT molecular complexity index is 422. The minimum Gasteiger partial charge on any atom is -0.508 e. The van der Waals surface area contributed by atoms with Crippen LogP contribution in [0.2, 0.25) is 5.02 Å². The second-order valence-electron chi connectivity index (χ2n) is 4.95. The zero-order valence-electron chi connectivity index (χ0n) is 10.3. The first kappa shape index (κ1) is 12.7. The molecule has 0 radical (unpaired) electrons. The SMILES string of the molecule is Cc1cc(O)c(C2CC(CN)CN2C)cc1Cl. The van der Waals surface area contributed by atoms with Crippen LogP contribution < -0.4 is 5.73 Å². The fraction of sp³-hybridized carbons (Fsp3) is 0.538. The average Bonchev–Trinajstić information content (AvgIpc) is 2.65. The Hall–Kier alpha value is -0.770. The largest absolute Gasteiger partial charge is 0.508 e. The smallest absolute Gasteiger partial charge is 0.120 e. The fourth-order valence-electron chi connectivity index (χ4n) is 2.59. The Morgan fingerprint density at radius 3 is 2.82 bits per heavy atom. The topological polar surface area (TPSA) is 49.5 Å². The molecule has 0 saturated carbocycles. The monoisotopic (exact) mass is 254 g/mol. The normalized spacial score (nSPS) is 25.4. The van der Waals surface area contributed by atoms with Gasteiger partial charge in [0, 0.05) is 23.2 Å². The van der Waals surface area contributed by atoms with Crippen molar-refractivity contribution in [3.63, 3.8) is 0 Å². The molecule has 0 spiro atoms. The predicted octanol–water partition coefficient (Wildman–Crippen LogP) is 2.31. The van der Waals surface area contributed by atoms with E-state index < -0.39 is 0 Å². The number of phenols is 1. The number of hydrogen-bond donors (Lipinski definition) is 2. The molecule has 2 rings (SSSR count). The van der Waals surface area contributed by atoms with E-state index >= 15 is 0 Å². The number of aryl methyl sites for hydroxylation is 1. The van der Waals surface area contributed by atoms with Crippen molar-refractivity contribution in [1.29, 1.82) is 0 Å². The zero-order valence-corrected chi connectivity index (χ0v) is 11.0. The van der Waals surface area contributed by atoms with Crippen LogP contribution in [0.3, 0.4) is 0 Å². The number of rotatable bonds is 2. The number of nitrogens with two attached hydrogens (primary N) is 1. The minimum absolute atomic E-state index is 0.224. The van der Waals surface area contributed by atoms with Gasteiger partial charge >= 0.3 is 0 Å². The fourth-order valence-corrected chi connectivity index (χ4v) is 2.76. The van der Waals surface area contributed by atoms with Crippen LogP contribution >= 0.6 is 11.6 Å². The average molecular weight is 255 g/mol. The maximum Gasteiger partial charge on any atom is 0.120 e. The maximum atomic E-state index is 10.0. The maximum absolute atomic E-state index is 10.0. The highest BCUT2D eigenvalue weighted by molar-refractivity contribution is 6.31. The number of nitrogens with zero attached hydrogens (tertiary/aromatic N) is 1. The van der Waals surface area contributed by atoms with Crippen molar-refractivity contribution in [1.82, 2.24) is 4.90 Å². The standard InChI is InChI=1S/C13H19ClN2O/c1-8-3-13(17)10(5-11(8)14)12-4-9(6-15)7-16(12)2/h3,5,9,12,17H,4,6-7,15H2,1-2H3. The zero-order chi connectivity index (χ0) is 12.6. The summed E-state index contributed by atoms with van der Waals surface area (Å²) in [5.41, 5.74) is 7.54. The summed E-state index contributed by atoms with van der Waals surface area (Å²) >= 11 is 6.13. The predicted molar refractivity (Wildman–Crippen MR) is 70.4 cm³/mol. The van der Waals surface area contributed by atoms with E-state index in [9.17, 15) is 5.11 Å². The molecule has 17 heavy (non-hydrogen) atoms. The molecule has 3 N–H and O–H groups in total. The molecule has 3 nitrogen and oxygen atoms in total. The lowest BCUT2D eigenvalue weighted by Gasteiger charge is -2.21. The van der Waals surface area contributed by atoms with E-state index in [0.29, 0.717) is 23.2 Å². The van der Waals surface area contributed by atoms with Crippen LogP contribution in [0.1, 0.15) is 23.6 Å². The first-order valence-corrected chi connectivity index (χ1v) is 6.30. The molecule has 2 unspecified atom stereocenters. The van der Waals surface area contributed by atoms with E-state index in [1.165, 1.54) is 0 Å². The van der Waals surface area contributed by atoms with Crippen LogP contribution in [-0.4, -0.2) is 30.1 Å². The number of benzene rings is 1. The minimum atomic E-state index is 0.224. The summed E-state index contributed by atoms with van der Waals surface area (Å²) in [5.74, 6) is 0.839. The van der Waals surface area contributed by atoms with Crippen molar-refractivity contribution in [2.75, 3.05) is 20.1 Å². The molecule has 1 aromatic carbocycles. The van der Waals surface area contributed by atoms with Gasteiger partial charge in [0.1, 0.15) is 5.75 Å². The van der Waals surface area contributed by atoms with Crippen molar-refractivity contribution in [2.24, 2.45) is 11.7 Å². The molecule has 4 heteroatoms. The summed E-state index contributed by atoms with van der Waals surface area (Å²) in [6, 6.07) is 3.84. The molecule has 1 aliphatic rings. The third kappa shape index (κ3) is 2.41. The highest BCUT2D eigenvalue weighted by atomic mass is 35.5. The third-order valence-electron chi connectivity index (χ3n) is 3.64.